The van der Waals surface area contributed by atoms with Crippen molar-refractivity contribution in [2.24, 2.45) is 10.1 Å². The number of nitrogens with one attached hydrogen (secondary N) is 1. The average Bonchev–Trinajstić information content (AvgIpc) is 3.28. The number of para-hydroxylation sites is 1. The van der Waals surface area contributed by atoms with Crippen LogP contribution in [0.3, 0.4) is 0 Å². The van der Waals surface area contributed by atoms with Crippen molar-refractivity contribution in [3.8, 4) is 17.2 Å². The van der Waals surface area contributed by atoms with Gasteiger partial charge in [0.15, 0.2) is 17.3 Å². The zero-order valence-corrected chi connectivity index (χ0v) is 21.7. The second-order valence-corrected chi connectivity index (χ2v) is 9.34. The molecule has 0 spiro atoms. The van der Waals surface area contributed by atoms with Gasteiger partial charge in [-0.15, -0.1) is 0 Å². The first-order valence-electron chi connectivity index (χ1n) is 11.8. The topological polar surface area (TPSA) is 96.6 Å². The van der Waals surface area contributed by atoms with E-state index >= 15 is 0 Å². The van der Waals surface area contributed by atoms with Crippen LogP contribution >= 0.6 is 23.4 Å². The van der Waals surface area contributed by atoms with Gasteiger partial charge in [-0.3, -0.25) is 10.2 Å². The fourth-order valence-corrected chi connectivity index (χ4v) is 4.72. The molecule has 0 unspecified atom stereocenters. The van der Waals surface area contributed by atoms with Crippen molar-refractivity contribution >= 4 is 51.4 Å². The normalized spacial score (nSPS) is 16.1. The number of thioether (sulfide) groups is 1. The number of carbonyl (C=O) groups is 1. The van der Waals surface area contributed by atoms with Crippen molar-refractivity contribution in [2.75, 3.05) is 19.8 Å². The molecule has 36 heavy (non-hydrogen) atoms. The summed E-state index contributed by atoms with van der Waals surface area (Å²) in [6.45, 7) is 4.96. The predicted molar refractivity (Wildman–Crippen MR) is 145 cm³/mol. The number of nitrogens with zero attached hydrogens (tertiary/aromatic N) is 3. The number of aliphatic imine (C=N–C) groups is 1. The molecule has 2 aromatic carbocycles. The highest BCUT2D eigenvalue weighted by molar-refractivity contribution is 8.26. The Balaban J connectivity index is 1.51. The number of rotatable bonds is 11. The van der Waals surface area contributed by atoms with Gasteiger partial charge in [0.1, 0.15) is 24.0 Å². The molecule has 1 amide bonds. The van der Waals surface area contributed by atoms with Gasteiger partial charge >= 0.3 is 0 Å². The highest BCUT2D eigenvalue weighted by Crippen LogP contribution is 2.38. The van der Waals surface area contributed by atoms with Gasteiger partial charge in [-0.1, -0.05) is 43.1 Å². The van der Waals surface area contributed by atoms with E-state index in [-0.39, 0.29) is 18.0 Å². The summed E-state index contributed by atoms with van der Waals surface area (Å²) >= 11 is 7.88. The fraction of sp³-hybridized carbons (Fsp3) is 0.308. The molecule has 0 saturated heterocycles. The van der Waals surface area contributed by atoms with Gasteiger partial charge < -0.3 is 14.2 Å². The van der Waals surface area contributed by atoms with Crippen molar-refractivity contribution in [3.63, 3.8) is 0 Å². The summed E-state index contributed by atoms with van der Waals surface area (Å²) in [6.07, 6.45) is 4.40. The zero-order chi connectivity index (χ0) is 25.5. The van der Waals surface area contributed by atoms with Crippen LogP contribution in [-0.2, 0) is 4.79 Å². The number of carbonyl (C=O) groups excluding carboxylic acids is 1. The van der Waals surface area contributed by atoms with Gasteiger partial charge in [0.25, 0.3) is 5.91 Å². The van der Waals surface area contributed by atoms with E-state index in [9.17, 15) is 4.79 Å². The minimum absolute atomic E-state index is 0.0172. The summed E-state index contributed by atoms with van der Waals surface area (Å²) in [4.78, 5) is 16.9. The van der Waals surface area contributed by atoms with Crippen LogP contribution in [0.4, 0.5) is 0 Å². The third-order valence-electron chi connectivity index (χ3n) is 5.22. The van der Waals surface area contributed by atoms with Crippen LogP contribution < -0.4 is 14.2 Å². The zero-order valence-electron chi connectivity index (χ0n) is 20.1. The molecule has 2 heterocycles. The van der Waals surface area contributed by atoms with Gasteiger partial charge in [0, 0.05) is 0 Å². The Hall–Kier alpha value is -3.30. The largest absolute Gasteiger partial charge is 0.490 e. The number of hydrazone groups is 1. The third-order valence-corrected chi connectivity index (χ3v) is 6.47. The van der Waals surface area contributed by atoms with E-state index in [2.05, 4.69) is 17.0 Å². The van der Waals surface area contributed by atoms with Crippen molar-refractivity contribution in [3.05, 3.63) is 58.6 Å². The molecule has 0 fully saturated rings. The van der Waals surface area contributed by atoms with Crippen LogP contribution in [0.25, 0.3) is 6.08 Å². The molecule has 0 bridgehead atoms. The monoisotopic (exact) mass is 526 g/mol. The molecule has 0 aliphatic carbocycles. The molecule has 1 N–H and O–H groups in total. The van der Waals surface area contributed by atoms with Crippen molar-refractivity contribution in [2.45, 2.75) is 33.1 Å². The molecular formula is C26H27ClN4O4S. The summed E-state index contributed by atoms with van der Waals surface area (Å²) in [7, 11) is 0. The molecule has 2 aliphatic rings. The van der Waals surface area contributed by atoms with E-state index in [1.807, 2.05) is 37.3 Å². The lowest BCUT2D eigenvalue weighted by molar-refractivity contribution is -0.114. The highest BCUT2D eigenvalue weighted by Gasteiger charge is 2.35. The van der Waals surface area contributed by atoms with E-state index in [1.165, 1.54) is 16.8 Å². The lowest BCUT2D eigenvalue weighted by Crippen LogP contribution is -2.35. The summed E-state index contributed by atoms with van der Waals surface area (Å²) in [5.41, 5.74) is 0.716. The maximum atomic E-state index is 12.7. The molecule has 4 rings (SSSR count). The quantitative estimate of drug-likeness (QED) is 0.284. The summed E-state index contributed by atoms with van der Waals surface area (Å²) in [6, 6.07) is 12.9. The number of unbranched alkanes of at least 4 members (excludes halogenated alkanes) is 1. The van der Waals surface area contributed by atoms with E-state index in [0.717, 1.165) is 30.1 Å². The number of benzene rings is 2. The number of hydrogen-bond acceptors (Lipinski definition) is 7. The Morgan fingerprint density at radius 3 is 2.64 bits per heavy atom. The molecule has 0 radical (unpaired) electrons. The highest BCUT2D eigenvalue weighted by atomic mass is 35.5. The van der Waals surface area contributed by atoms with E-state index in [4.69, 9.17) is 31.2 Å². The second kappa shape index (κ2) is 12.1. The number of halogens is 1. The van der Waals surface area contributed by atoms with E-state index < -0.39 is 5.91 Å². The van der Waals surface area contributed by atoms with Gasteiger partial charge in [0.2, 0.25) is 5.17 Å². The first-order chi connectivity index (χ1) is 17.5. The Morgan fingerprint density at radius 2 is 1.89 bits per heavy atom. The van der Waals surface area contributed by atoms with Gasteiger partial charge in [-0.25, -0.2) is 0 Å². The molecule has 2 aromatic rings. The average molecular weight is 527 g/mol. The van der Waals surface area contributed by atoms with Crippen molar-refractivity contribution in [1.82, 2.24) is 5.01 Å². The summed E-state index contributed by atoms with van der Waals surface area (Å²) in [5.74, 6) is 1.08. The van der Waals surface area contributed by atoms with Crippen LogP contribution in [0.15, 0.2) is 58.1 Å². The first kappa shape index (κ1) is 25.8. The fourth-order valence-electron chi connectivity index (χ4n) is 3.52. The molecule has 188 valence electrons. The van der Waals surface area contributed by atoms with E-state index in [1.54, 1.807) is 18.2 Å². The summed E-state index contributed by atoms with van der Waals surface area (Å²) < 4.78 is 17.3. The van der Waals surface area contributed by atoms with Crippen LogP contribution in [-0.4, -0.2) is 46.8 Å². The van der Waals surface area contributed by atoms with Crippen molar-refractivity contribution < 1.29 is 19.0 Å². The Morgan fingerprint density at radius 1 is 1.11 bits per heavy atom. The minimum atomic E-state index is -0.488. The third kappa shape index (κ3) is 6.09. The van der Waals surface area contributed by atoms with Gasteiger partial charge in [-0.2, -0.15) is 15.1 Å². The van der Waals surface area contributed by atoms with Crippen LogP contribution in [0.2, 0.25) is 5.02 Å². The molecule has 10 heteroatoms. The SMILES string of the molecule is CCCCC1=NN2C(=N)C(=Cc3cc(Cl)c(OCCOc4ccccc4)c(OCC)c3)C(=O)N=C2S1. The van der Waals surface area contributed by atoms with Gasteiger partial charge in [0.05, 0.1) is 17.2 Å². The second-order valence-electron chi connectivity index (χ2n) is 7.89. The number of amides is 1. The maximum Gasteiger partial charge on any atom is 0.283 e. The molecule has 0 saturated carbocycles. The maximum absolute atomic E-state index is 12.7. The Kier molecular flexibility index (Phi) is 8.66. The standard InChI is InChI=1S/C26H27ClN4O4S/c1-3-5-11-22-30-31-24(28)19(25(32)29-26(31)36-22)14-17-15-20(27)23(21(16-17)33-4-2)35-13-12-34-18-9-7-6-8-10-18/h6-10,14-16,28H,3-5,11-13H2,1-2H3. The Bertz CT molecular complexity index is 1230. The predicted octanol–water partition coefficient (Wildman–Crippen LogP) is 6.01. The molecule has 8 nitrogen and oxygen atoms in total. The smallest absolute Gasteiger partial charge is 0.283 e. The lowest BCUT2D eigenvalue weighted by atomic mass is 10.1. The molecule has 2 aliphatic heterocycles. The van der Waals surface area contributed by atoms with Crippen LogP contribution in [0, 0.1) is 5.41 Å². The van der Waals surface area contributed by atoms with Crippen molar-refractivity contribution in [1.29, 1.82) is 5.41 Å². The molecule has 0 aromatic heterocycles. The van der Waals surface area contributed by atoms with Crippen LogP contribution in [0.5, 0.6) is 17.2 Å². The number of hydrogen-bond donors (Lipinski definition) is 1. The number of ether oxygens (including phenoxy) is 3. The Labute approximate surface area is 219 Å². The number of amidine groups is 2. The molecular weight excluding hydrogens is 500 g/mol. The van der Waals surface area contributed by atoms with E-state index in [0.29, 0.717) is 40.5 Å². The minimum Gasteiger partial charge on any atom is -0.490 e. The molecule has 0 atom stereocenters. The van der Waals surface area contributed by atoms with Gasteiger partial charge in [-0.05, 0) is 67.4 Å². The first-order valence-corrected chi connectivity index (χ1v) is 13.0. The van der Waals surface area contributed by atoms with Crippen LogP contribution in [0.1, 0.15) is 38.7 Å². The summed E-state index contributed by atoms with van der Waals surface area (Å²) in [5, 5.41) is 16.1. The number of fused-ring (bicyclic) bond motifs is 1. The lowest BCUT2D eigenvalue weighted by Gasteiger charge is -2.20.